The molecule has 0 fully saturated rings. The molecule has 2 aromatic carbocycles. The first-order chi connectivity index (χ1) is 14.9. The van der Waals surface area contributed by atoms with Crippen LogP contribution in [0, 0.1) is 0 Å². The Hall–Kier alpha value is -3.21. The van der Waals surface area contributed by atoms with Crippen molar-refractivity contribution in [1.29, 1.82) is 0 Å². The van der Waals surface area contributed by atoms with E-state index in [0.717, 1.165) is 15.4 Å². The second-order valence-electron chi connectivity index (χ2n) is 6.22. The van der Waals surface area contributed by atoms with Gasteiger partial charge in [-0.2, -0.15) is 0 Å². The Morgan fingerprint density at radius 2 is 1.94 bits per heavy atom. The largest absolute Gasteiger partial charge is 0.495 e. The van der Waals surface area contributed by atoms with Crippen LogP contribution in [0.3, 0.4) is 0 Å². The number of carboxylic acid groups (broad SMARTS) is 1. The topological polar surface area (TPSA) is 106 Å². The van der Waals surface area contributed by atoms with Crippen molar-refractivity contribution in [2.75, 3.05) is 25.1 Å². The number of ether oxygens (including phenoxy) is 2. The van der Waals surface area contributed by atoms with Crippen LogP contribution >= 0.6 is 11.3 Å². The minimum absolute atomic E-state index is 0.00805. The Bertz CT molecular complexity index is 1160. The summed E-state index contributed by atoms with van der Waals surface area (Å²) in [4.78, 5) is 15.6. The molecule has 0 atom stereocenters. The SMILES string of the molecule is COCC=Cc1ccc(-c2ncc(N(c3ccc(C(=O)O)cc3OC)[SH](=O)=O)s2)cc1. The highest BCUT2D eigenvalue weighted by atomic mass is 32.2. The van der Waals surface area contributed by atoms with E-state index in [-0.39, 0.29) is 17.0 Å². The number of benzene rings is 2. The van der Waals surface area contributed by atoms with Gasteiger partial charge in [0.1, 0.15) is 15.8 Å². The van der Waals surface area contributed by atoms with Crippen molar-refractivity contribution in [3.63, 3.8) is 0 Å². The zero-order valence-corrected chi connectivity index (χ0v) is 18.4. The number of anilines is 2. The summed E-state index contributed by atoms with van der Waals surface area (Å²) in [6, 6.07) is 11.7. The van der Waals surface area contributed by atoms with E-state index >= 15 is 0 Å². The lowest BCUT2D eigenvalue weighted by Crippen LogP contribution is -2.14. The van der Waals surface area contributed by atoms with E-state index in [1.54, 1.807) is 7.11 Å². The molecule has 10 heteroatoms. The van der Waals surface area contributed by atoms with E-state index in [1.165, 1.54) is 42.8 Å². The molecule has 3 aromatic rings. The van der Waals surface area contributed by atoms with Gasteiger partial charge in [0.2, 0.25) is 10.9 Å². The standard InChI is InChI=1S/C21H20N2O6S2/c1-28-11-3-4-14-5-7-15(8-6-14)20-22-13-19(30-20)23(31(26)27)17-10-9-16(21(24)25)12-18(17)29-2/h3-10,12-13,31H,11H2,1-2H3,(H,24,25). The maximum Gasteiger partial charge on any atom is 0.335 e. The number of aromatic carboxylic acids is 1. The fourth-order valence-corrected chi connectivity index (χ4v) is 4.51. The van der Waals surface area contributed by atoms with Crippen LogP contribution in [0.4, 0.5) is 10.7 Å². The number of methoxy groups -OCH3 is 2. The van der Waals surface area contributed by atoms with E-state index < -0.39 is 16.9 Å². The summed E-state index contributed by atoms with van der Waals surface area (Å²) in [5.41, 5.74) is 2.04. The van der Waals surface area contributed by atoms with Crippen LogP contribution < -0.4 is 9.04 Å². The van der Waals surface area contributed by atoms with E-state index in [9.17, 15) is 13.2 Å². The molecule has 3 rings (SSSR count). The number of thiol groups is 1. The summed E-state index contributed by atoms with van der Waals surface area (Å²) in [5.74, 6) is -1.01. The zero-order valence-electron chi connectivity index (χ0n) is 16.7. The highest BCUT2D eigenvalue weighted by Crippen LogP contribution is 2.39. The molecule has 0 aliphatic carbocycles. The van der Waals surface area contributed by atoms with Gasteiger partial charge in [-0.3, -0.25) is 0 Å². The lowest BCUT2D eigenvalue weighted by molar-refractivity contribution is 0.0696. The third-order valence-corrected chi connectivity index (χ3v) is 6.18. The first-order valence-corrected chi connectivity index (χ1v) is 11.0. The fourth-order valence-electron chi connectivity index (χ4n) is 2.79. The van der Waals surface area contributed by atoms with Gasteiger partial charge < -0.3 is 14.6 Å². The number of carboxylic acids is 1. The first kappa shape index (κ1) is 22.5. The number of thiazole rings is 1. The van der Waals surface area contributed by atoms with Crippen LogP contribution in [0.15, 0.2) is 54.7 Å². The fraction of sp³-hybridized carbons (Fsp3) is 0.143. The minimum Gasteiger partial charge on any atom is -0.495 e. The lowest BCUT2D eigenvalue weighted by atomic mass is 10.1. The highest BCUT2D eigenvalue weighted by molar-refractivity contribution is 7.74. The van der Waals surface area contributed by atoms with Crippen LogP contribution in [0.25, 0.3) is 16.6 Å². The van der Waals surface area contributed by atoms with Crippen LogP contribution in [0.1, 0.15) is 15.9 Å². The number of rotatable bonds is 9. The molecule has 0 aliphatic rings. The van der Waals surface area contributed by atoms with Crippen molar-refractivity contribution < 1.29 is 27.8 Å². The summed E-state index contributed by atoms with van der Waals surface area (Å²) in [7, 11) is -0.101. The zero-order chi connectivity index (χ0) is 22.4. The van der Waals surface area contributed by atoms with Crippen molar-refractivity contribution in [1.82, 2.24) is 4.98 Å². The Kier molecular flexibility index (Phi) is 7.40. The Morgan fingerprint density at radius 3 is 2.55 bits per heavy atom. The molecular formula is C21H20N2O6S2. The third kappa shape index (κ3) is 5.29. The van der Waals surface area contributed by atoms with Crippen molar-refractivity contribution in [2.45, 2.75) is 0 Å². The molecule has 1 heterocycles. The molecular weight excluding hydrogens is 440 g/mol. The Morgan fingerprint density at radius 1 is 1.19 bits per heavy atom. The van der Waals surface area contributed by atoms with Gasteiger partial charge in [-0.1, -0.05) is 47.8 Å². The van der Waals surface area contributed by atoms with Gasteiger partial charge in [0.25, 0.3) is 0 Å². The summed E-state index contributed by atoms with van der Waals surface area (Å²) >= 11 is 1.20. The lowest BCUT2D eigenvalue weighted by Gasteiger charge is -2.18. The Balaban J connectivity index is 1.93. The van der Waals surface area contributed by atoms with Crippen molar-refractivity contribution in [3.8, 4) is 16.3 Å². The summed E-state index contributed by atoms with van der Waals surface area (Å²) in [6.07, 6.45) is 5.31. The molecule has 0 spiro atoms. The smallest absolute Gasteiger partial charge is 0.335 e. The maximum absolute atomic E-state index is 12.1. The van der Waals surface area contributed by atoms with Gasteiger partial charge >= 0.3 is 5.97 Å². The molecule has 0 aliphatic heterocycles. The molecule has 1 N–H and O–H groups in total. The number of carbonyl (C=O) groups is 1. The quantitative estimate of drug-likeness (QED) is 0.467. The predicted octanol–water partition coefficient (Wildman–Crippen LogP) is 3.84. The average Bonchev–Trinajstić information content (AvgIpc) is 3.24. The summed E-state index contributed by atoms with van der Waals surface area (Å²) in [5, 5.41) is 10.2. The molecule has 0 radical (unpaired) electrons. The third-order valence-electron chi connectivity index (χ3n) is 4.25. The molecule has 31 heavy (non-hydrogen) atoms. The molecule has 162 valence electrons. The summed E-state index contributed by atoms with van der Waals surface area (Å²) < 4.78 is 35.4. The van der Waals surface area contributed by atoms with Gasteiger partial charge in [-0.05, 0) is 23.8 Å². The van der Waals surface area contributed by atoms with Gasteiger partial charge in [0.05, 0.1) is 31.2 Å². The molecule has 1 aromatic heterocycles. The van der Waals surface area contributed by atoms with Crippen molar-refractivity contribution in [3.05, 3.63) is 65.9 Å². The second kappa shape index (κ2) is 10.2. The first-order valence-electron chi connectivity index (χ1n) is 9.02. The Labute approximate surface area is 185 Å². The van der Waals surface area contributed by atoms with Gasteiger partial charge in [-0.25, -0.2) is 22.5 Å². The number of aromatic nitrogens is 1. The normalized spacial score (nSPS) is 11.2. The van der Waals surface area contributed by atoms with Crippen LogP contribution in [-0.4, -0.2) is 45.3 Å². The maximum atomic E-state index is 12.1. The molecule has 0 amide bonds. The van der Waals surface area contributed by atoms with Gasteiger partial charge in [0, 0.05) is 12.7 Å². The van der Waals surface area contributed by atoms with E-state index in [2.05, 4.69) is 4.98 Å². The number of nitrogens with zero attached hydrogens (tertiary/aromatic N) is 2. The van der Waals surface area contributed by atoms with E-state index in [0.29, 0.717) is 16.6 Å². The predicted molar refractivity (Wildman–Crippen MR) is 121 cm³/mol. The number of hydrogen-bond donors (Lipinski definition) is 2. The molecule has 0 unspecified atom stereocenters. The van der Waals surface area contributed by atoms with Gasteiger partial charge in [0.15, 0.2) is 0 Å². The van der Waals surface area contributed by atoms with Crippen molar-refractivity contribution in [2.24, 2.45) is 0 Å². The van der Waals surface area contributed by atoms with Crippen LogP contribution in [-0.2, 0) is 15.6 Å². The second-order valence-corrected chi connectivity index (χ2v) is 8.11. The van der Waals surface area contributed by atoms with E-state index in [1.807, 2.05) is 36.4 Å². The molecule has 0 bridgehead atoms. The monoisotopic (exact) mass is 460 g/mol. The molecule has 0 saturated carbocycles. The minimum atomic E-state index is -3.08. The average molecular weight is 461 g/mol. The molecule has 8 nitrogen and oxygen atoms in total. The molecule has 0 saturated heterocycles. The highest BCUT2D eigenvalue weighted by Gasteiger charge is 2.21. The van der Waals surface area contributed by atoms with Crippen LogP contribution in [0.2, 0.25) is 0 Å². The van der Waals surface area contributed by atoms with Crippen molar-refractivity contribution >= 4 is 45.0 Å². The van der Waals surface area contributed by atoms with Gasteiger partial charge in [-0.15, -0.1) is 0 Å². The van der Waals surface area contributed by atoms with Crippen LogP contribution in [0.5, 0.6) is 5.75 Å². The number of hydrogen-bond acceptors (Lipinski definition) is 7. The van der Waals surface area contributed by atoms with E-state index in [4.69, 9.17) is 14.6 Å². The summed E-state index contributed by atoms with van der Waals surface area (Å²) in [6.45, 7) is 0.526.